The molecule has 3 aromatic rings. The van der Waals surface area contributed by atoms with E-state index in [0.29, 0.717) is 28.8 Å². The summed E-state index contributed by atoms with van der Waals surface area (Å²) in [7, 11) is 0. The van der Waals surface area contributed by atoms with Gasteiger partial charge in [-0.2, -0.15) is 5.10 Å². The van der Waals surface area contributed by atoms with Gasteiger partial charge in [-0.05, 0) is 18.9 Å². The van der Waals surface area contributed by atoms with Crippen molar-refractivity contribution in [2.75, 3.05) is 6.54 Å². The van der Waals surface area contributed by atoms with Crippen LogP contribution in [0.15, 0.2) is 42.6 Å². The molecule has 7 nitrogen and oxygen atoms in total. The Morgan fingerprint density at radius 3 is 2.67 bits per heavy atom. The number of carboxylic acids is 1. The Bertz CT molecular complexity index is 966. The number of carboxylic acid groups (broad SMARTS) is 1. The molecular formula is C20H22N4O3. The predicted molar refractivity (Wildman–Crippen MR) is 102 cm³/mol. The lowest BCUT2D eigenvalue weighted by Crippen LogP contribution is -2.29. The standard InChI is InChI=1S/C20H22N4O3/c1-3-24-19-16(12-22-24)15(20(27)21-11-13(2)9-18(25)26)10-17(23-19)14-7-5-4-6-8-14/h4-8,10,12-13H,3,9,11H2,1-2H3,(H,21,27)(H,25,26). The van der Waals surface area contributed by atoms with Crippen LogP contribution < -0.4 is 5.32 Å². The molecule has 0 aliphatic rings. The van der Waals surface area contributed by atoms with E-state index < -0.39 is 5.97 Å². The van der Waals surface area contributed by atoms with E-state index in [-0.39, 0.29) is 24.8 Å². The number of aromatic nitrogens is 3. The van der Waals surface area contributed by atoms with Crippen LogP contribution in [0.2, 0.25) is 0 Å². The highest BCUT2D eigenvalue weighted by molar-refractivity contribution is 6.06. The van der Waals surface area contributed by atoms with Crippen molar-refractivity contribution in [3.05, 3.63) is 48.2 Å². The highest BCUT2D eigenvalue weighted by Crippen LogP contribution is 2.25. The largest absolute Gasteiger partial charge is 0.481 e. The van der Waals surface area contributed by atoms with E-state index >= 15 is 0 Å². The molecule has 1 unspecified atom stereocenters. The number of aliphatic carboxylic acids is 1. The number of nitrogens with zero attached hydrogens (tertiary/aromatic N) is 3. The van der Waals surface area contributed by atoms with Crippen molar-refractivity contribution in [3.8, 4) is 11.3 Å². The Morgan fingerprint density at radius 1 is 1.26 bits per heavy atom. The molecule has 0 bridgehead atoms. The molecule has 0 aliphatic carbocycles. The fourth-order valence-electron chi connectivity index (χ4n) is 2.96. The van der Waals surface area contributed by atoms with Gasteiger partial charge in [0.05, 0.1) is 22.8 Å². The van der Waals surface area contributed by atoms with Gasteiger partial charge in [0, 0.05) is 25.1 Å². The van der Waals surface area contributed by atoms with E-state index in [1.54, 1.807) is 23.9 Å². The summed E-state index contributed by atoms with van der Waals surface area (Å²) in [4.78, 5) is 28.3. The lowest BCUT2D eigenvalue weighted by molar-refractivity contribution is -0.137. The molecule has 0 aliphatic heterocycles. The SMILES string of the molecule is CCn1ncc2c(C(=O)NCC(C)CC(=O)O)cc(-c3ccccc3)nc21. The monoisotopic (exact) mass is 366 g/mol. The number of carbonyl (C=O) groups excluding carboxylic acids is 1. The minimum absolute atomic E-state index is 0.00900. The third-order valence-corrected chi connectivity index (χ3v) is 4.36. The second-order valence-electron chi connectivity index (χ2n) is 6.53. The summed E-state index contributed by atoms with van der Waals surface area (Å²) in [5.41, 5.74) is 2.75. The average molecular weight is 366 g/mol. The number of hydrogen-bond acceptors (Lipinski definition) is 4. The third kappa shape index (κ3) is 4.13. The number of fused-ring (bicyclic) bond motifs is 1. The van der Waals surface area contributed by atoms with Crippen LogP contribution in [0.4, 0.5) is 0 Å². The lowest BCUT2D eigenvalue weighted by Gasteiger charge is -2.12. The number of rotatable bonds is 7. The first-order chi connectivity index (χ1) is 13.0. The number of benzene rings is 1. The van der Waals surface area contributed by atoms with Gasteiger partial charge in [-0.15, -0.1) is 0 Å². The fourth-order valence-corrected chi connectivity index (χ4v) is 2.96. The lowest BCUT2D eigenvalue weighted by atomic mass is 10.1. The topological polar surface area (TPSA) is 97.1 Å². The van der Waals surface area contributed by atoms with Gasteiger partial charge >= 0.3 is 5.97 Å². The van der Waals surface area contributed by atoms with Crippen LogP contribution in [-0.4, -0.2) is 38.3 Å². The van der Waals surface area contributed by atoms with E-state index in [0.717, 1.165) is 5.56 Å². The van der Waals surface area contributed by atoms with Crippen LogP contribution >= 0.6 is 0 Å². The molecule has 3 rings (SSSR count). The van der Waals surface area contributed by atoms with Crippen molar-refractivity contribution in [2.24, 2.45) is 5.92 Å². The molecule has 0 fully saturated rings. The summed E-state index contributed by atoms with van der Waals surface area (Å²) in [6.07, 6.45) is 1.66. The maximum Gasteiger partial charge on any atom is 0.303 e. The summed E-state index contributed by atoms with van der Waals surface area (Å²) >= 11 is 0. The van der Waals surface area contributed by atoms with Crippen LogP contribution in [0.25, 0.3) is 22.3 Å². The first-order valence-electron chi connectivity index (χ1n) is 8.91. The Labute approximate surface area is 157 Å². The molecule has 1 amide bonds. The van der Waals surface area contributed by atoms with Crippen molar-refractivity contribution in [1.82, 2.24) is 20.1 Å². The zero-order valence-corrected chi connectivity index (χ0v) is 15.3. The Hall–Kier alpha value is -3.22. The van der Waals surface area contributed by atoms with Gasteiger partial charge in [0.25, 0.3) is 5.91 Å². The molecule has 0 spiro atoms. The number of pyridine rings is 1. The molecule has 0 radical (unpaired) electrons. The Morgan fingerprint density at radius 2 is 2.00 bits per heavy atom. The first-order valence-corrected chi connectivity index (χ1v) is 8.91. The van der Waals surface area contributed by atoms with Crippen molar-refractivity contribution >= 4 is 22.9 Å². The first kappa shape index (κ1) is 18.6. The number of nitrogens with one attached hydrogen (secondary N) is 1. The minimum atomic E-state index is -0.876. The molecule has 140 valence electrons. The van der Waals surface area contributed by atoms with E-state index in [4.69, 9.17) is 10.1 Å². The van der Waals surface area contributed by atoms with Gasteiger partial charge in [0.15, 0.2) is 5.65 Å². The molecule has 0 saturated heterocycles. The average Bonchev–Trinajstić information content (AvgIpc) is 3.08. The van der Waals surface area contributed by atoms with Crippen LogP contribution in [0.1, 0.15) is 30.6 Å². The molecule has 2 aromatic heterocycles. The summed E-state index contributed by atoms with van der Waals surface area (Å²) in [5, 5.41) is 16.7. The van der Waals surface area contributed by atoms with Crippen LogP contribution in [0.5, 0.6) is 0 Å². The Balaban J connectivity index is 1.97. The number of aryl methyl sites for hydroxylation is 1. The van der Waals surface area contributed by atoms with Gasteiger partial charge in [-0.1, -0.05) is 37.3 Å². The zero-order chi connectivity index (χ0) is 19.4. The quantitative estimate of drug-likeness (QED) is 0.670. The smallest absolute Gasteiger partial charge is 0.303 e. The van der Waals surface area contributed by atoms with Crippen molar-refractivity contribution in [1.29, 1.82) is 0 Å². The fraction of sp³-hybridized carbons (Fsp3) is 0.300. The Kier molecular flexibility index (Phi) is 5.49. The highest BCUT2D eigenvalue weighted by atomic mass is 16.4. The van der Waals surface area contributed by atoms with Gasteiger partial charge in [0.2, 0.25) is 0 Å². The number of carbonyl (C=O) groups is 2. The zero-order valence-electron chi connectivity index (χ0n) is 15.3. The molecule has 27 heavy (non-hydrogen) atoms. The van der Waals surface area contributed by atoms with E-state index in [1.165, 1.54) is 0 Å². The summed E-state index contributed by atoms with van der Waals surface area (Å²) in [6, 6.07) is 11.4. The van der Waals surface area contributed by atoms with Crippen LogP contribution in [0.3, 0.4) is 0 Å². The highest BCUT2D eigenvalue weighted by Gasteiger charge is 2.18. The maximum absolute atomic E-state index is 12.8. The second kappa shape index (κ2) is 7.99. The molecule has 1 aromatic carbocycles. The minimum Gasteiger partial charge on any atom is -0.481 e. The number of amides is 1. The van der Waals surface area contributed by atoms with Crippen molar-refractivity contribution < 1.29 is 14.7 Å². The van der Waals surface area contributed by atoms with Gasteiger partial charge in [0.1, 0.15) is 0 Å². The summed E-state index contributed by atoms with van der Waals surface area (Å²) < 4.78 is 1.76. The molecule has 0 saturated carbocycles. The van der Waals surface area contributed by atoms with E-state index in [2.05, 4.69) is 10.4 Å². The second-order valence-corrected chi connectivity index (χ2v) is 6.53. The molecule has 7 heteroatoms. The molecule has 2 N–H and O–H groups in total. The van der Waals surface area contributed by atoms with Gasteiger partial charge in [-0.3, -0.25) is 9.59 Å². The van der Waals surface area contributed by atoms with E-state index in [1.807, 2.05) is 37.3 Å². The maximum atomic E-state index is 12.8. The summed E-state index contributed by atoms with van der Waals surface area (Å²) in [6.45, 7) is 4.70. The van der Waals surface area contributed by atoms with E-state index in [9.17, 15) is 9.59 Å². The molecule has 1 atom stereocenters. The van der Waals surface area contributed by atoms with Gasteiger partial charge < -0.3 is 10.4 Å². The van der Waals surface area contributed by atoms with Crippen molar-refractivity contribution in [2.45, 2.75) is 26.8 Å². The van der Waals surface area contributed by atoms with Crippen LogP contribution in [-0.2, 0) is 11.3 Å². The van der Waals surface area contributed by atoms with Crippen molar-refractivity contribution in [3.63, 3.8) is 0 Å². The normalized spacial score (nSPS) is 12.1. The molecular weight excluding hydrogens is 344 g/mol. The summed E-state index contributed by atoms with van der Waals surface area (Å²) in [5.74, 6) is -1.29. The molecule has 2 heterocycles. The van der Waals surface area contributed by atoms with Gasteiger partial charge in [-0.25, -0.2) is 9.67 Å². The predicted octanol–water partition coefficient (Wildman–Crippen LogP) is 2.96. The van der Waals surface area contributed by atoms with Crippen LogP contribution in [0, 0.1) is 5.92 Å². The number of hydrogen-bond donors (Lipinski definition) is 2. The third-order valence-electron chi connectivity index (χ3n) is 4.36.